The standard InChI is InChI=1S/C9H11.2ClH.Zn/c1-2-6-9-7-4-3-5-8-9;;;/h3-5,7-8H,1-2,6H2;2*1H;/q;;;+2/p-2. The Balaban J connectivity index is 0.000000354. The summed E-state index contributed by atoms with van der Waals surface area (Å²) in [7, 11) is 9.90. The summed E-state index contributed by atoms with van der Waals surface area (Å²) in [5, 5.41) is 0. The minimum atomic E-state index is -0.931. The van der Waals surface area contributed by atoms with Crippen LogP contribution >= 0.6 is 19.4 Å². The molecule has 1 rings (SSSR count). The number of benzene rings is 1. The normalized spacial score (nSPS) is 7.92. The van der Waals surface area contributed by atoms with Crippen LogP contribution in [0, 0.1) is 6.92 Å². The van der Waals surface area contributed by atoms with Crippen LogP contribution in [-0.4, -0.2) is 0 Å². The molecule has 0 aliphatic heterocycles. The third-order valence-corrected chi connectivity index (χ3v) is 1.31. The van der Waals surface area contributed by atoms with E-state index in [-0.39, 0.29) is 0 Å². The van der Waals surface area contributed by atoms with Crippen LogP contribution in [0.1, 0.15) is 12.0 Å². The Labute approximate surface area is 90.0 Å². The first kappa shape index (κ1) is 12.4. The average molecular weight is 255 g/mol. The molecule has 0 saturated heterocycles. The van der Waals surface area contributed by atoms with Gasteiger partial charge in [0.25, 0.3) is 0 Å². The number of hydrogen-bond donors (Lipinski definition) is 0. The van der Waals surface area contributed by atoms with Crippen molar-refractivity contribution in [2.45, 2.75) is 12.8 Å². The van der Waals surface area contributed by atoms with E-state index >= 15 is 0 Å². The molecule has 1 aromatic rings. The average Bonchev–Trinajstić information content (AvgIpc) is 2.08. The zero-order valence-electron chi connectivity index (χ0n) is 6.97. The van der Waals surface area contributed by atoms with E-state index in [4.69, 9.17) is 19.4 Å². The molecular formula is C9H11Cl2Zn. The first-order valence-corrected chi connectivity index (χ1v) is 11.6. The number of halogens is 2. The molecule has 0 fully saturated rings. The van der Waals surface area contributed by atoms with Gasteiger partial charge >= 0.3 is 34.5 Å². The summed E-state index contributed by atoms with van der Waals surface area (Å²) < 4.78 is 0. The summed E-state index contributed by atoms with van der Waals surface area (Å²) >= 11 is -0.931. The van der Waals surface area contributed by atoms with Gasteiger partial charge in [0, 0.05) is 0 Å². The van der Waals surface area contributed by atoms with Gasteiger partial charge in [0.1, 0.15) is 0 Å². The molecule has 0 nitrogen and oxygen atoms in total. The first-order chi connectivity index (χ1) is 5.85. The molecule has 1 radical (unpaired) electrons. The topological polar surface area (TPSA) is 0 Å². The summed E-state index contributed by atoms with van der Waals surface area (Å²) in [5.41, 5.74) is 1.38. The summed E-state index contributed by atoms with van der Waals surface area (Å²) in [6, 6.07) is 10.4. The molecule has 0 amide bonds. The summed E-state index contributed by atoms with van der Waals surface area (Å²) in [4.78, 5) is 0. The Morgan fingerprint density at radius 2 is 1.67 bits per heavy atom. The molecule has 0 heterocycles. The monoisotopic (exact) mass is 253 g/mol. The zero-order chi connectivity index (χ0) is 9.23. The van der Waals surface area contributed by atoms with Crippen molar-refractivity contribution in [1.82, 2.24) is 0 Å². The molecule has 3 heteroatoms. The van der Waals surface area contributed by atoms with Gasteiger partial charge in [-0.05, 0) is 18.4 Å². The number of aryl methyl sites for hydroxylation is 1. The van der Waals surface area contributed by atoms with E-state index in [9.17, 15) is 0 Å². The van der Waals surface area contributed by atoms with Crippen LogP contribution in [-0.2, 0) is 21.6 Å². The van der Waals surface area contributed by atoms with E-state index in [1.807, 2.05) is 6.07 Å². The van der Waals surface area contributed by atoms with E-state index < -0.39 is 15.1 Å². The molecule has 0 aliphatic carbocycles. The van der Waals surface area contributed by atoms with Crippen LogP contribution in [0.25, 0.3) is 0 Å². The van der Waals surface area contributed by atoms with Crippen LogP contribution in [0.3, 0.4) is 0 Å². The first-order valence-electron chi connectivity index (χ1n) is 3.80. The second-order valence-electron chi connectivity index (χ2n) is 2.19. The van der Waals surface area contributed by atoms with Gasteiger partial charge in [-0.3, -0.25) is 0 Å². The maximum absolute atomic E-state index is 4.95. The Hall–Kier alpha value is 0.423. The van der Waals surface area contributed by atoms with E-state index in [1.165, 1.54) is 5.56 Å². The fourth-order valence-electron chi connectivity index (χ4n) is 0.849. The molecule has 0 spiro atoms. The van der Waals surface area contributed by atoms with Crippen molar-refractivity contribution in [3.63, 3.8) is 0 Å². The van der Waals surface area contributed by atoms with Crippen molar-refractivity contribution in [2.75, 3.05) is 0 Å². The predicted octanol–water partition coefficient (Wildman–Crippen LogP) is 3.83. The van der Waals surface area contributed by atoms with Crippen molar-refractivity contribution in [1.29, 1.82) is 0 Å². The molecule has 0 saturated carbocycles. The molecule has 1 aromatic carbocycles. The number of rotatable bonds is 2. The maximum atomic E-state index is 4.95. The molecule has 0 aliphatic rings. The molecular weight excluding hydrogens is 244 g/mol. The van der Waals surface area contributed by atoms with E-state index in [1.54, 1.807) is 0 Å². The van der Waals surface area contributed by atoms with Crippen LogP contribution in [0.15, 0.2) is 30.3 Å². The van der Waals surface area contributed by atoms with Crippen molar-refractivity contribution in [3.05, 3.63) is 42.8 Å². The Morgan fingerprint density at radius 1 is 1.17 bits per heavy atom. The summed E-state index contributed by atoms with van der Waals surface area (Å²) in [6.45, 7) is 3.78. The second kappa shape index (κ2) is 9.51. The van der Waals surface area contributed by atoms with Crippen molar-refractivity contribution in [2.24, 2.45) is 0 Å². The van der Waals surface area contributed by atoms with Crippen molar-refractivity contribution >= 4 is 19.4 Å². The third-order valence-electron chi connectivity index (χ3n) is 1.31. The van der Waals surface area contributed by atoms with Crippen LogP contribution in [0.5, 0.6) is 0 Å². The van der Waals surface area contributed by atoms with Crippen molar-refractivity contribution < 1.29 is 15.1 Å². The molecule has 0 aromatic heterocycles. The van der Waals surface area contributed by atoms with E-state index in [2.05, 4.69) is 31.2 Å². The molecule has 0 N–H and O–H groups in total. The van der Waals surface area contributed by atoms with Crippen molar-refractivity contribution in [3.8, 4) is 0 Å². The molecule has 0 bridgehead atoms. The Kier molecular flexibility index (Phi) is 9.85. The molecule has 0 atom stereocenters. The fourth-order valence-corrected chi connectivity index (χ4v) is 0.849. The summed E-state index contributed by atoms with van der Waals surface area (Å²) in [6.07, 6.45) is 2.09. The van der Waals surface area contributed by atoms with Crippen LogP contribution < -0.4 is 0 Å². The van der Waals surface area contributed by atoms with Crippen LogP contribution in [0.4, 0.5) is 0 Å². The van der Waals surface area contributed by atoms with Gasteiger partial charge in [0.05, 0.1) is 0 Å². The SMILES string of the molecule is [CH2]CCc1ccccc1.[Cl][Zn][Cl]. The van der Waals surface area contributed by atoms with Gasteiger partial charge in [0.2, 0.25) is 0 Å². The Morgan fingerprint density at radius 3 is 2.08 bits per heavy atom. The summed E-state index contributed by atoms with van der Waals surface area (Å²) in [5.74, 6) is 0. The number of hydrogen-bond acceptors (Lipinski definition) is 0. The van der Waals surface area contributed by atoms with Gasteiger partial charge in [0.15, 0.2) is 0 Å². The molecule has 63 valence electrons. The van der Waals surface area contributed by atoms with Crippen LogP contribution in [0.2, 0.25) is 0 Å². The van der Waals surface area contributed by atoms with E-state index in [0.717, 1.165) is 12.8 Å². The fraction of sp³-hybridized carbons (Fsp3) is 0.222. The third kappa shape index (κ3) is 7.09. The minimum absolute atomic E-state index is 0.931. The predicted molar refractivity (Wildman–Crippen MR) is 51.8 cm³/mol. The molecule has 12 heavy (non-hydrogen) atoms. The van der Waals surface area contributed by atoms with Gasteiger partial charge in [-0.1, -0.05) is 37.3 Å². The zero-order valence-corrected chi connectivity index (χ0v) is 11.5. The van der Waals surface area contributed by atoms with Gasteiger partial charge in [-0.25, -0.2) is 0 Å². The second-order valence-corrected chi connectivity index (χ2v) is 6.81. The van der Waals surface area contributed by atoms with E-state index in [0.29, 0.717) is 0 Å². The molecule has 0 unspecified atom stereocenters. The quantitative estimate of drug-likeness (QED) is 0.705. The Bertz CT molecular complexity index is 177. The van der Waals surface area contributed by atoms with Gasteiger partial charge in [-0.15, -0.1) is 0 Å². The van der Waals surface area contributed by atoms with Gasteiger partial charge in [-0.2, -0.15) is 0 Å². The van der Waals surface area contributed by atoms with Gasteiger partial charge < -0.3 is 0 Å².